The molecule has 0 aromatic heterocycles. The van der Waals surface area contributed by atoms with E-state index < -0.39 is 5.97 Å². The summed E-state index contributed by atoms with van der Waals surface area (Å²) in [6, 6.07) is 23.4. The molecule has 2 N–H and O–H groups in total. The minimum absolute atomic E-state index is 0.122. The van der Waals surface area contributed by atoms with Gasteiger partial charge in [0.2, 0.25) is 0 Å². The van der Waals surface area contributed by atoms with Crippen LogP contribution in [-0.4, -0.2) is 17.7 Å². The second-order valence-electron chi connectivity index (χ2n) is 6.77. The number of thiocarbonyl (C=S) groups is 1. The maximum Gasteiger partial charge on any atom is 0.339 e. The molecule has 0 unspecified atom stereocenters. The minimum atomic E-state index is -0.466. The van der Waals surface area contributed by atoms with Crippen molar-refractivity contribution in [1.29, 1.82) is 0 Å². The number of hydrogen-bond donors (Lipinski definition) is 2. The fraction of sp³-hybridized carbons (Fsp3) is 0.167. The van der Waals surface area contributed by atoms with Crippen LogP contribution < -0.4 is 10.6 Å². The lowest BCUT2D eigenvalue weighted by Crippen LogP contribution is -2.33. The van der Waals surface area contributed by atoms with Crippen LogP contribution >= 0.6 is 23.8 Å². The summed E-state index contributed by atoms with van der Waals surface area (Å²) in [6.45, 7) is 4.09. The number of ether oxygens (including phenoxy) is 1. The Morgan fingerprint density at radius 3 is 2.37 bits per heavy atom. The third-order valence-electron chi connectivity index (χ3n) is 4.54. The van der Waals surface area contributed by atoms with Crippen molar-refractivity contribution in [3.8, 4) is 0 Å². The fourth-order valence-electron chi connectivity index (χ4n) is 3.03. The Morgan fingerprint density at radius 2 is 1.70 bits per heavy atom. The van der Waals surface area contributed by atoms with Gasteiger partial charge in [0, 0.05) is 5.69 Å². The average molecular weight is 439 g/mol. The molecule has 3 rings (SSSR count). The van der Waals surface area contributed by atoms with Crippen LogP contribution in [0.2, 0.25) is 5.02 Å². The Kier molecular flexibility index (Phi) is 7.44. The largest absolute Gasteiger partial charge is 0.462 e. The first-order chi connectivity index (χ1) is 14.5. The van der Waals surface area contributed by atoms with Crippen molar-refractivity contribution < 1.29 is 9.53 Å². The number of hydrogen-bond acceptors (Lipinski definition) is 3. The maximum atomic E-state index is 12.1. The van der Waals surface area contributed by atoms with Crippen molar-refractivity contribution in [2.24, 2.45) is 0 Å². The highest BCUT2D eigenvalue weighted by atomic mass is 35.5. The zero-order valence-electron chi connectivity index (χ0n) is 16.8. The SMILES string of the molecule is CCOC(=O)c1cc(NC(=S)N[C@@H](c2ccccc2)c2ccc(C)cc2)ccc1Cl. The van der Waals surface area contributed by atoms with Crippen LogP contribution in [0.15, 0.2) is 72.8 Å². The second-order valence-corrected chi connectivity index (χ2v) is 7.58. The molecule has 4 nitrogen and oxygen atoms in total. The van der Waals surface area contributed by atoms with E-state index in [-0.39, 0.29) is 12.6 Å². The molecule has 6 heteroatoms. The molecule has 0 saturated carbocycles. The highest BCUT2D eigenvalue weighted by molar-refractivity contribution is 7.80. The molecule has 30 heavy (non-hydrogen) atoms. The first-order valence-electron chi connectivity index (χ1n) is 9.63. The van der Waals surface area contributed by atoms with Crippen LogP contribution in [0.3, 0.4) is 0 Å². The number of benzene rings is 3. The van der Waals surface area contributed by atoms with E-state index in [2.05, 4.69) is 54.0 Å². The molecule has 0 amide bonds. The van der Waals surface area contributed by atoms with E-state index in [1.165, 1.54) is 5.56 Å². The predicted molar refractivity (Wildman–Crippen MR) is 126 cm³/mol. The summed E-state index contributed by atoms with van der Waals surface area (Å²) in [5.41, 5.74) is 4.33. The Balaban J connectivity index is 1.81. The molecule has 0 aliphatic carbocycles. The van der Waals surface area contributed by atoms with Gasteiger partial charge in [0.1, 0.15) is 0 Å². The molecular formula is C24H23ClN2O2S. The van der Waals surface area contributed by atoms with Crippen LogP contribution in [0, 0.1) is 6.92 Å². The Morgan fingerprint density at radius 1 is 1.03 bits per heavy atom. The normalized spacial score (nSPS) is 11.4. The second kappa shape index (κ2) is 10.2. The van der Waals surface area contributed by atoms with Gasteiger partial charge in [-0.15, -0.1) is 0 Å². The van der Waals surface area contributed by atoms with Crippen LogP contribution in [0.25, 0.3) is 0 Å². The number of rotatable bonds is 6. The molecule has 0 aliphatic heterocycles. The lowest BCUT2D eigenvalue weighted by molar-refractivity contribution is 0.0526. The average Bonchev–Trinajstić information content (AvgIpc) is 2.75. The van der Waals surface area contributed by atoms with Gasteiger partial charge >= 0.3 is 5.97 Å². The third-order valence-corrected chi connectivity index (χ3v) is 5.09. The Hall–Kier alpha value is -2.89. The van der Waals surface area contributed by atoms with Crippen molar-refractivity contribution in [3.63, 3.8) is 0 Å². The van der Waals surface area contributed by atoms with Crippen LogP contribution in [0.5, 0.6) is 0 Å². The quantitative estimate of drug-likeness (QED) is 0.370. The first kappa shape index (κ1) is 21.8. The summed E-state index contributed by atoms with van der Waals surface area (Å²) in [6.07, 6.45) is 0. The highest BCUT2D eigenvalue weighted by Crippen LogP contribution is 2.24. The van der Waals surface area contributed by atoms with Gasteiger partial charge in [0.15, 0.2) is 5.11 Å². The van der Waals surface area contributed by atoms with Gasteiger partial charge < -0.3 is 15.4 Å². The van der Waals surface area contributed by atoms with E-state index in [4.69, 9.17) is 28.6 Å². The molecule has 154 valence electrons. The number of nitrogens with one attached hydrogen (secondary N) is 2. The van der Waals surface area contributed by atoms with E-state index in [0.29, 0.717) is 21.4 Å². The zero-order chi connectivity index (χ0) is 21.5. The monoisotopic (exact) mass is 438 g/mol. The molecule has 0 radical (unpaired) electrons. The van der Waals surface area contributed by atoms with E-state index >= 15 is 0 Å². The van der Waals surface area contributed by atoms with E-state index in [1.807, 2.05) is 18.2 Å². The van der Waals surface area contributed by atoms with Crippen LogP contribution in [0.1, 0.15) is 40.0 Å². The predicted octanol–water partition coefficient (Wildman–Crippen LogP) is 5.90. The van der Waals surface area contributed by atoms with Crippen molar-refractivity contribution in [3.05, 3.63) is 100 Å². The lowest BCUT2D eigenvalue weighted by atomic mass is 9.98. The lowest BCUT2D eigenvalue weighted by Gasteiger charge is -2.22. The summed E-state index contributed by atoms with van der Waals surface area (Å²) in [5.74, 6) is -0.466. The summed E-state index contributed by atoms with van der Waals surface area (Å²) >= 11 is 11.7. The number of anilines is 1. The van der Waals surface area contributed by atoms with Crippen LogP contribution in [-0.2, 0) is 4.74 Å². The highest BCUT2D eigenvalue weighted by Gasteiger charge is 2.16. The standard InChI is InChI=1S/C24H23ClN2O2S/c1-3-29-23(28)20-15-19(13-14-21(20)25)26-24(30)27-22(17-7-5-4-6-8-17)18-11-9-16(2)10-12-18/h4-15,22H,3H2,1-2H3,(H2,26,27,30)/t22-/m0/s1. The molecule has 3 aromatic rings. The number of halogens is 1. The zero-order valence-corrected chi connectivity index (χ0v) is 18.4. The van der Waals surface area contributed by atoms with E-state index in [0.717, 1.165) is 11.1 Å². The van der Waals surface area contributed by atoms with Gasteiger partial charge in [-0.2, -0.15) is 0 Å². The molecule has 1 atom stereocenters. The van der Waals surface area contributed by atoms with Crippen molar-refractivity contribution >= 4 is 40.6 Å². The van der Waals surface area contributed by atoms with Crippen molar-refractivity contribution in [1.82, 2.24) is 5.32 Å². The van der Waals surface area contributed by atoms with Gasteiger partial charge in [-0.25, -0.2) is 4.79 Å². The van der Waals surface area contributed by atoms with Crippen molar-refractivity contribution in [2.45, 2.75) is 19.9 Å². The number of aryl methyl sites for hydroxylation is 1. The Labute approximate surface area is 187 Å². The molecular weight excluding hydrogens is 416 g/mol. The number of esters is 1. The molecule has 0 spiro atoms. The van der Waals surface area contributed by atoms with Gasteiger partial charge in [-0.1, -0.05) is 71.8 Å². The Bertz CT molecular complexity index is 1020. The van der Waals surface area contributed by atoms with Gasteiger partial charge in [0.25, 0.3) is 0 Å². The molecule has 0 fully saturated rings. The summed E-state index contributed by atoms with van der Waals surface area (Å²) < 4.78 is 5.06. The molecule has 0 saturated heterocycles. The first-order valence-corrected chi connectivity index (χ1v) is 10.4. The molecule has 3 aromatic carbocycles. The summed E-state index contributed by atoms with van der Waals surface area (Å²) in [7, 11) is 0. The maximum absolute atomic E-state index is 12.1. The summed E-state index contributed by atoms with van der Waals surface area (Å²) in [5, 5.41) is 7.28. The topological polar surface area (TPSA) is 50.4 Å². The van der Waals surface area contributed by atoms with E-state index in [9.17, 15) is 4.79 Å². The van der Waals surface area contributed by atoms with E-state index in [1.54, 1.807) is 25.1 Å². The van der Waals surface area contributed by atoms with Gasteiger partial charge in [-0.3, -0.25) is 0 Å². The van der Waals surface area contributed by atoms with Gasteiger partial charge in [-0.05, 0) is 55.4 Å². The fourth-order valence-corrected chi connectivity index (χ4v) is 3.46. The molecule has 0 heterocycles. The summed E-state index contributed by atoms with van der Waals surface area (Å²) in [4.78, 5) is 12.1. The number of carbonyl (C=O) groups excluding carboxylic acids is 1. The van der Waals surface area contributed by atoms with Crippen molar-refractivity contribution in [2.75, 3.05) is 11.9 Å². The minimum Gasteiger partial charge on any atom is -0.462 e. The molecule has 0 bridgehead atoms. The van der Waals surface area contributed by atoms with Gasteiger partial charge in [0.05, 0.1) is 23.2 Å². The molecule has 0 aliphatic rings. The van der Waals surface area contributed by atoms with Crippen LogP contribution in [0.4, 0.5) is 5.69 Å². The third kappa shape index (κ3) is 5.59. The number of carbonyl (C=O) groups is 1. The smallest absolute Gasteiger partial charge is 0.339 e.